The van der Waals surface area contributed by atoms with Crippen molar-refractivity contribution >= 4 is 14.3 Å². The summed E-state index contributed by atoms with van der Waals surface area (Å²) in [5, 5.41) is 10.7. The molecule has 0 spiro atoms. The van der Waals surface area contributed by atoms with Gasteiger partial charge in [-0.1, -0.05) is 51.1 Å². The molecule has 1 aromatic rings. The van der Waals surface area contributed by atoms with E-state index in [4.69, 9.17) is 9.16 Å². The van der Waals surface area contributed by atoms with Crippen LogP contribution in [-0.4, -0.2) is 37.7 Å². The minimum Gasteiger partial charge on any atom is -0.462 e. The molecule has 5 heteroatoms. The van der Waals surface area contributed by atoms with Crippen LogP contribution in [0.5, 0.6) is 0 Å². The maximum absolute atomic E-state index is 11.7. The zero-order valence-electron chi connectivity index (χ0n) is 18.7. The molecule has 1 aliphatic carbocycles. The van der Waals surface area contributed by atoms with Gasteiger partial charge in [0.1, 0.15) is 6.10 Å². The van der Waals surface area contributed by atoms with Crippen molar-refractivity contribution in [3.05, 3.63) is 35.9 Å². The number of carbonyl (C=O) groups excluding carboxylic acids is 1. The van der Waals surface area contributed by atoms with E-state index in [1.54, 1.807) is 0 Å². The number of ether oxygens (including phenoxy) is 1. The van der Waals surface area contributed by atoms with Gasteiger partial charge in [-0.25, -0.2) is 0 Å². The molecule has 1 saturated heterocycles. The molecule has 1 saturated carbocycles. The molecular weight excluding hydrogens is 380 g/mol. The Morgan fingerprint density at radius 3 is 2.55 bits per heavy atom. The third-order valence-electron chi connectivity index (χ3n) is 7.37. The minimum atomic E-state index is -1.88. The first kappa shape index (κ1) is 22.5. The van der Waals surface area contributed by atoms with E-state index in [0.29, 0.717) is 12.8 Å². The Labute approximate surface area is 177 Å². The van der Waals surface area contributed by atoms with Crippen molar-refractivity contribution in [2.75, 3.05) is 0 Å². The van der Waals surface area contributed by atoms with Gasteiger partial charge in [0.05, 0.1) is 12.5 Å². The maximum Gasteiger partial charge on any atom is 0.306 e. The molecule has 2 fully saturated rings. The summed E-state index contributed by atoms with van der Waals surface area (Å²) < 4.78 is 12.2. The summed E-state index contributed by atoms with van der Waals surface area (Å²) in [5.41, 5.74) is 1.34. The molecule has 1 heterocycles. The van der Waals surface area contributed by atoms with Crippen molar-refractivity contribution in [2.24, 2.45) is 11.8 Å². The van der Waals surface area contributed by atoms with Gasteiger partial charge in [0, 0.05) is 18.4 Å². The van der Waals surface area contributed by atoms with Gasteiger partial charge >= 0.3 is 5.97 Å². The summed E-state index contributed by atoms with van der Waals surface area (Å²) in [6.07, 6.45) is 4.62. The third kappa shape index (κ3) is 5.50. The van der Waals surface area contributed by atoms with Crippen molar-refractivity contribution in [3.63, 3.8) is 0 Å². The smallest absolute Gasteiger partial charge is 0.306 e. The maximum atomic E-state index is 11.7. The average Bonchev–Trinajstić information content (AvgIpc) is 3.12. The van der Waals surface area contributed by atoms with Crippen molar-refractivity contribution in [1.82, 2.24) is 0 Å². The number of carbonyl (C=O) groups is 1. The topological polar surface area (TPSA) is 55.8 Å². The quantitative estimate of drug-likeness (QED) is 0.471. The summed E-state index contributed by atoms with van der Waals surface area (Å²) in [5.74, 6) is 0.226. The van der Waals surface area contributed by atoms with E-state index in [9.17, 15) is 9.90 Å². The molecule has 0 amide bonds. The number of esters is 1. The van der Waals surface area contributed by atoms with Gasteiger partial charge in [-0.05, 0) is 55.3 Å². The lowest BCUT2D eigenvalue weighted by Crippen LogP contribution is -2.44. The summed E-state index contributed by atoms with van der Waals surface area (Å²) in [4.78, 5) is 11.7. The molecular formula is C24H38O4Si. The first-order valence-corrected chi connectivity index (χ1v) is 14.1. The highest BCUT2D eigenvalue weighted by Gasteiger charge is 2.49. The number of rotatable bonds is 8. The Morgan fingerprint density at radius 1 is 1.21 bits per heavy atom. The Morgan fingerprint density at radius 2 is 1.90 bits per heavy atom. The summed E-state index contributed by atoms with van der Waals surface area (Å²) in [6, 6.07) is 10.6. The molecule has 5 atom stereocenters. The number of aliphatic hydroxyl groups is 1. The summed E-state index contributed by atoms with van der Waals surface area (Å²) >= 11 is 0. The summed E-state index contributed by atoms with van der Waals surface area (Å²) in [7, 11) is -1.88. The van der Waals surface area contributed by atoms with Gasteiger partial charge in [-0.2, -0.15) is 0 Å². The fourth-order valence-electron chi connectivity index (χ4n) is 4.59. The number of fused-ring (bicyclic) bond motifs is 1. The van der Waals surface area contributed by atoms with E-state index in [-0.39, 0.29) is 41.2 Å². The van der Waals surface area contributed by atoms with Crippen LogP contribution in [0.15, 0.2) is 30.3 Å². The Kier molecular flexibility index (Phi) is 6.91. The van der Waals surface area contributed by atoms with E-state index in [2.05, 4.69) is 64.2 Å². The molecule has 1 N–H and O–H groups in total. The molecule has 2 aliphatic rings. The molecule has 1 unspecified atom stereocenters. The van der Waals surface area contributed by atoms with E-state index in [0.717, 1.165) is 25.7 Å². The van der Waals surface area contributed by atoms with Crippen molar-refractivity contribution in [2.45, 2.75) is 95.7 Å². The van der Waals surface area contributed by atoms with E-state index in [1.165, 1.54) is 5.56 Å². The van der Waals surface area contributed by atoms with Gasteiger partial charge in [0.25, 0.3) is 0 Å². The standard InChI is InChI=1S/C24H38O4Si/c1-24(2,3)29(4,5)28-18(12-11-17-9-7-6-8-10-17)13-14-19-20-15-23(26)27-22(20)16-21(19)25/h6-10,18-22,25H,11-16H2,1-5H3/t18?,19-,20-,21-,22+/m1/s1. The van der Waals surface area contributed by atoms with Crippen molar-refractivity contribution < 1.29 is 19.1 Å². The number of aryl methyl sites for hydroxylation is 1. The molecule has 1 aliphatic heterocycles. The molecule has 162 valence electrons. The number of hydrogen-bond donors (Lipinski definition) is 1. The lowest BCUT2D eigenvalue weighted by atomic mass is 9.87. The highest BCUT2D eigenvalue weighted by atomic mass is 28.4. The fourth-order valence-corrected chi connectivity index (χ4v) is 6.01. The number of benzene rings is 1. The first-order chi connectivity index (χ1) is 13.6. The largest absolute Gasteiger partial charge is 0.462 e. The molecule has 29 heavy (non-hydrogen) atoms. The summed E-state index contributed by atoms with van der Waals surface area (Å²) in [6.45, 7) is 11.5. The third-order valence-corrected chi connectivity index (χ3v) is 11.9. The molecule has 0 radical (unpaired) electrons. The van der Waals surface area contributed by atoms with Crippen molar-refractivity contribution in [1.29, 1.82) is 0 Å². The van der Waals surface area contributed by atoms with Gasteiger partial charge < -0.3 is 14.3 Å². The number of hydrogen-bond acceptors (Lipinski definition) is 4. The van der Waals surface area contributed by atoms with E-state index >= 15 is 0 Å². The molecule has 4 nitrogen and oxygen atoms in total. The van der Waals surface area contributed by atoms with Gasteiger partial charge in [0.15, 0.2) is 8.32 Å². The Balaban J connectivity index is 1.64. The molecule has 0 aromatic heterocycles. The van der Waals surface area contributed by atoms with Crippen LogP contribution in [0.4, 0.5) is 0 Å². The van der Waals surface area contributed by atoms with E-state index in [1.807, 2.05) is 0 Å². The van der Waals surface area contributed by atoms with Gasteiger partial charge in [-0.15, -0.1) is 0 Å². The van der Waals surface area contributed by atoms with Crippen LogP contribution in [0.1, 0.15) is 58.4 Å². The number of aliphatic hydroxyl groups excluding tert-OH is 1. The zero-order valence-corrected chi connectivity index (χ0v) is 19.7. The molecule has 1 aromatic carbocycles. The van der Waals surface area contributed by atoms with Crippen LogP contribution < -0.4 is 0 Å². The highest BCUT2D eigenvalue weighted by Crippen LogP contribution is 2.44. The lowest BCUT2D eigenvalue weighted by molar-refractivity contribution is -0.141. The van der Waals surface area contributed by atoms with Crippen LogP contribution in [0.2, 0.25) is 18.1 Å². The van der Waals surface area contributed by atoms with Crippen LogP contribution >= 0.6 is 0 Å². The zero-order chi connectivity index (χ0) is 21.2. The Hall–Kier alpha value is -1.17. The lowest BCUT2D eigenvalue weighted by Gasteiger charge is -2.40. The highest BCUT2D eigenvalue weighted by molar-refractivity contribution is 6.74. The van der Waals surface area contributed by atoms with Gasteiger partial charge in [-0.3, -0.25) is 4.79 Å². The van der Waals surface area contributed by atoms with Crippen molar-refractivity contribution in [3.8, 4) is 0 Å². The molecule has 3 rings (SSSR count). The second-order valence-corrected chi connectivity index (χ2v) is 15.2. The Bertz CT molecular complexity index is 682. The minimum absolute atomic E-state index is 0.0772. The second kappa shape index (κ2) is 8.91. The predicted octanol–water partition coefficient (Wildman–Crippen LogP) is 5.10. The van der Waals surface area contributed by atoms with Crippen LogP contribution in [-0.2, 0) is 20.4 Å². The monoisotopic (exact) mass is 418 g/mol. The fraction of sp³-hybridized carbons (Fsp3) is 0.708. The second-order valence-electron chi connectivity index (χ2n) is 10.5. The normalized spacial score (nSPS) is 28.3. The van der Waals surface area contributed by atoms with Gasteiger partial charge in [0.2, 0.25) is 0 Å². The molecule has 0 bridgehead atoms. The van der Waals surface area contributed by atoms with Crippen LogP contribution in [0.25, 0.3) is 0 Å². The predicted molar refractivity (Wildman–Crippen MR) is 118 cm³/mol. The van der Waals surface area contributed by atoms with Crippen LogP contribution in [0.3, 0.4) is 0 Å². The van der Waals surface area contributed by atoms with E-state index < -0.39 is 8.32 Å². The SMILES string of the molecule is CC(C)(C)[Si](C)(C)OC(CCc1ccccc1)CC[C@@H]1[C@H]2CC(=O)O[C@H]2C[C@H]1O. The van der Waals surface area contributed by atoms with Crippen LogP contribution in [0, 0.1) is 11.8 Å². The first-order valence-electron chi connectivity index (χ1n) is 11.2. The average molecular weight is 419 g/mol.